The molecule has 4 N–H and O–H groups in total. The summed E-state index contributed by atoms with van der Waals surface area (Å²) in [5, 5.41) is 5.62. The Hall–Kier alpha value is -1.80. The number of hydrogen-bond donors (Lipinski definition) is 3. The van der Waals surface area contributed by atoms with Crippen molar-refractivity contribution < 1.29 is 37.6 Å². The highest BCUT2D eigenvalue weighted by Gasteiger charge is 2.12. The van der Waals surface area contributed by atoms with Crippen molar-refractivity contribution in [2.75, 3.05) is 77.5 Å². The first-order valence-corrected chi connectivity index (χ1v) is 16.3. The molecule has 1 atom stereocenters. The number of carbonyl (C=O) groups excluding carboxylic acids is 2. The quantitative estimate of drug-likeness (QED) is 0.0685. The van der Waals surface area contributed by atoms with Gasteiger partial charge in [0.25, 0.3) is 0 Å². The summed E-state index contributed by atoms with van der Waals surface area (Å²) < 4.78 is 27.7. The van der Waals surface area contributed by atoms with E-state index in [2.05, 4.69) is 24.5 Å². The second-order valence-electron chi connectivity index (χ2n) is 8.24. The van der Waals surface area contributed by atoms with E-state index in [0.29, 0.717) is 76.7 Å². The van der Waals surface area contributed by atoms with Crippen LogP contribution in [0.4, 0.5) is 5.69 Å². The van der Waals surface area contributed by atoms with Crippen molar-refractivity contribution in [2.45, 2.75) is 39.6 Å². The molecule has 0 fully saturated rings. The molecule has 0 bridgehead atoms. The number of hydrogen-bond acceptors (Lipinski definition) is 10. The molecule has 2 amide bonds. The average molecular weight is 610 g/mol. The molecule has 40 heavy (non-hydrogen) atoms. The van der Waals surface area contributed by atoms with E-state index < -0.39 is 0 Å². The summed E-state index contributed by atoms with van der Waals surface area (Å²) in [5.74, 6) is 0.759. The van der Waals surface area contributed by atoms with Crippen molar-refractivity contribution >= 4 is 39.1 Å². The first kappa shape index (κ1) is 38.2. The van der Waals surface area contributed by atoms with Gasteiger partial charge in [-0.05, 0) is 24.3 Å². The third-order valence-corrected chi connectivity index (χ3v) is 6.42. The molecule has 0 saturated heterocycles. The monoisotopic (exact) mass is 609 g/mol. The Morgan fingerprint density at radius 1 is 1.02 bits per heavy atom. The number of allylic oxidation sites excluding steroid dienone is 1. The van der Waals surface area contributed by atoms with E-state index in [-0.39, 0.29) is 34.6 Å². The van der Waals surface area contributed by atoms with Crippen molar-refractivity contribution in [1.82, 2.24) is 5.32 Å². The minimum absolute atomic E-state index is 0. The Morgan fingerprint density at radius 3 is 2.45 bits per heavy atom. The van der Waals surface area contributed by atoms with Crippen LogP contribution in [0.1, 0.15) is 38.4 Å². The number of nitrogens with two attached hydrogens (primary N) is 1. The van der Waals surface area contributed by atoms with Crippen molar-refractivity contribution in [3.8, 4) is 5.75 Å². The van der Waals surface area contributed by atoms with E-state index in [9.17, 15) is 9.59 Å². The summed E-state index contributed by atoms with van der Waals surface area (Å²) in [6.07, 6.45) is 6.16. The lowest BCUT2D eigenvalue weighted by Gasteiger charge is -2.17. The van der Waals surface area contributed by atoms with Crippen LogP contribution in [-0.4, -0.2) is 89.5 Å². The number of anilines is 1. The zero-order valence-corrected chi connectivity index (χ0v) is 26.3. The van der Waals surface area contributed by atoms with Crippen LogP contribution in [0, 0.1) is 5.92 Å². The van der Waals surface area contributed by atoms with Crippen LogP contribution < -0.4 is 21.1 Å². The molecule has 10 nitrogen and oxygen atoms in total. The third kappa shape index (κ3) is 23.0. The molecular formula is C28H55N3O7S2. The van der Waals surface area contributed by atoms with Crippen LogP contribution in [0.2, 0.25) is 0 Å². The first-order valence-electron chi connectivity index (χ1n) is 13.6. The lowest BCUT2D eigenvalue weighted by Crippen LogP contribution is -2.28. The molecule has 1 aromatic rings. The molecule has 1 rings (SSSR count). The Kier molecular flexibility index (Phi) is 26.1. The van der Waals surface area contributed by atoms with E-state index >= 15 is 0 Å². The minimum atomic E-state index is -0.229. The second-order valence-corrected chi connectivity index (χ2v) is 10.9. The first-order chi connectivity index (χ1) is 19.4. The summed E-state index contributed by atoms with van der Waals surface area (Å²) in [6.45, 7) is 11.7. The molecule has 0 heterocycles. The molecule has 1 unspecified atom stereocenters. The smallest absolute Gasteiger partial charge is 0.246 e. The van der Waals surface area contributed by atoms with Gasteiger partial charge in [0.05, 0.1) is 46.1 Å². The summed E-state index contributed by atoms with van der Waals surface area (Å²) >= 11 is 0. The number of nitrogens with one attached hydrogen (secondary N) is 2. The maximum atomic E-state index is 12.2. The molecule has 0 aliphatic carbocycles. The van der Waals surface area contributed by atoms with E-state index in [1.165, 1.54) is 10.8 Å². The van der Waals surface area contributed by atoms with Crippen molar-refractivity contribution in [3.63, 3.8) is 0 Å². The fourth-order valence-electron chi connectivity index (χ4n) is 2.80. The molecular weight excluding hydrogens is 554 g/mol. The van der Waals surface area contributed by atoms with Gasteiger partial charge in [-0.25, -0.2) is 0 Å². The zero-order chi connectivity index (χ0) is 29.8. The van der Waals surface area contributed by atoms with Crippen LogP contribution in [0.5, 0.6) is 5.75 Å². The fourth-order valence-corrected chi connectivity index (χ4v) is 4.27. The molecule has 0 aliphatic rings. The van der Waals surface area contributed by atoms with E-state index in [0.717, 1.165) is 0 Å². The van der Waals surface area contributed by atoms with E-state index in [4.69, 9.17) is 29.4 Å². The standard InChI is InChI=1S/C26H43N3O7S2.C2H6.3H2/c1-21(2)6-5-11-28-25(31)19-34-16-17-35-26(38-37-3)20-36-23-8-4-7-22(18-23)29-24(30)9-12-32-14-15-33-13-10-27;1-2;;;/h4-8,18,21,26H,9-17,19-20,27H2,1-3H3,(H,28,31)(H,29,30);1-2H3;3*1H/b6-5+;;;;. The molecule has 0 spiro atoms. The predicted octanol–water partition coefficient (Wildman–Crippen LogP) is 4.85. The van der Waals surface area contributed by atoms with Gasteiger partial charge in [-0.3, -0.25) is 9.59 Å². The average Bonchev–Trinajstić information content (AvgIpc) is 2.94. The zero-order valence-electron chi connectivity index (χ0n) is 24.6. The molecule has 0 aromatic heterocycles. The van der Waals surface area contributed by atoms with Crippen LogP contribution in [0.25, 0.3) is 0 Å². The number of benzene rings is 1. The highest BCUT2D eigenvalue weighted by Crippen LogP contribution is 2.26. The van der Waals surface area contributed by atoms with Crippen LogP contribution in [0.3, 0.4) is 0 Å². The lowest BCUT2D eigenvalue weighted by molar-refractivity contribution is -0.126. The Morgan fingerprint density at radius 2 is 1.75 bits per heavy atom. The fraction of sp³-hybridized carbons (Fsp3) is 0.643. The number of ether oxygens (including phenoxy) is 5. The maximum Gasteiger partial charge on any atom is 0.246 e. The number of rotatable bonds is 23. The summed E-state index contributed by atoms with van der Waals surface area (Å²) in [7, 11) is 3.11. The van der Waals surface area contributed by atoms with Crippen molar-refractivity contribution in [2.24, 2.45) is 11.7 Å². The highest BCUT2D eigenvalue weighted by atomic mass is 33.1. The topological polar surface area (TPSA) is 130 Å². The molecule has 236 valence electrons. The summed E-state index contributed by atoms with van der Waals surface area (Å²) in [4.78, 5) is 23.9. The molecule has 0 aliphatic heterocycles. The van der Waals surface area contributed by atoms with Gasteiger partial charge in [0, 0.05) is 29.1 Å². The predicted molar refractivity (Wildman–Crippen MR) is 172 cm³/mol. The van der Waals surface area contributed by atoms with Crippen LogP contribution in [-0.2, 0) is 28.5 Å². The van der Waals surface area contributed by atoms with Gasteiger partial charge in [0.1, 0.15) is 24.4 Å². The molecule has 0 radical (unpaired) electrons. The van der Waals surface area contributed by atoms with Gasteiger partial charge < -0.3 is 40.1 Å². The summed E-state index contributed by atoms with van der Waals surface area (Å²) in [5.41, 5.74) is 5.76. The number of amides is 2. The van der Waals surface area contributed by atoms with Gasteiger partial charge in [0.15, 0.2) is 0 Å². The minimum Gasteiger partial charge on any atom is -0.490 e. The molecule has 12 heteroatoms. The Balaban J connectivity index is -0.00000149. The number of carbonyl (C=O) groups is 2. The normalized spacial score (nSPS) is 11.7. The van der Waals surface area contributed by atoms with Crippen molar-refractivity contribution in [3.05, 3.63) is 36.4 Å². The van der Waals surface area contributed by atoms with Gasteiger partial charge in [0.2, 0.25) is 11.8 Å². The van der Waals surface area contributed by atoms with Gasteiger partial charge in [-0.15, -0.1) is 0 Å². The van der Waals surface area contributed by atoms with Gasteiger partial charge in [-0.1, -0.05) is 67.5 Å². The lowest BCUT2D eigenvalue weighted by atomic mass is 10.2. The SMILES string of the molecule is CC.CSSC(COc1cccc(NC(=O)CCOCCOCCN)c1)OCCOCC(=O)NC/C=C/C(C)C.[HH].[HH].[HH]. The van der Waals surface area contributed by atoms with Crippen LogP contribution >= 0.6 is 21.6 Å². The summed E-state index contributed by atoms with van der Waals surface area (Å²) in [6, 6.07) is 7.19. The van der Waals surface area contributed by atoms with Gasteiger partial charge in [-0.2, -0.15) is 0 Å². The maximum absolute atomic E-state index is 12.2. The molecule has 0 saturated carbocycles. The molecule has 1 aromatic carbocycles. The Bertz CT molecular complexity index is 817. The van der Waals surface area contributed by atoms with Crippen molar-refractivity contribution in [1.29, 1.82) is 0 Å². The van der Waals surface area contributed by atoms with Gasteiger partial charge >= 0.3 is 0 Å². The van der Waals surface area contributed by atoms with E-state index in [1.54, 1.807) is 22.9 Å². The van der Waals surface area contributed by atoms with E-state index in [1.807, 2.05) is 44.4 Å². The largest absolute Gasteiger partial charge is 0.490 e. The Labute approximate surface area is 252 Å². The second kappa shape index (κ2) is 27.4. The third-order valence-electron chi connectivity index (χ3n) is 4.52. The highest BCUT2D eigenvalue weighted by molar-refractivity contribution is 8.76. The van der Waals surface area contributed by atoms with Crippen LogP contribution in [0.15, 0.2) is 36.4 Å².